The summed E-state index contributed by atoms with van der Waals surface area (Å²) < 4.78 is -0.720. The van der Waals surface area contributed by atoms with Crippen LogP contribution in [0.2, 0.25) is 0 Å². The second kappa shape index (κ2) is 10.8. The fraction of sp³-hybridized carbons (Fsp3) is 0.654. The van der Waals surface area contributed by atoms with Crippen LogP contribution in [-0.4, -0.2) is 67.8 Å². The first-order chi connectivity index (χ1) is 16.8. The molecule has 4 rings (SSSR count). The van der Waals surface area contributed by atoms with Crippen molar-refractivity contribution in [3.63, 3.8) is 0 Å². The van der Waals surface area contributed by atoms with Gasteiger partial charge < -0.3 is 20.6 Å². The lowest BCUT2D eigenvalue weighted by atomic mass is 9.70. The maximum Gasteiger partial charge on any atom is 0.244 e. The molecule has 3 heterocycles. The van der Waals surface area contributed by atoms with Gasteiger partial charge in [0.25, 0.3) is 0 Å². The highest BCUT2D eigenvalue weighted by molar-refractivity contribution is 9.09. The van der Waals surface area contributed by atoms with Crippen LogP contribution in [0.15, 0.2) is 30.3 Å². The highest BCUT2D eigenvalue weighted by Gasteiger charge is 2.76. The number of benzene rings is 1. The number of hydrogen-bond acceptors (Lipinski definition) is 5. The largest absolute Gasteiger partial charge is 0.394 e. The molecule has 1 aromatic rings. The highest BCUT2D eigenvalue weighted by atomic mass is 79.9. The molecule has 3 N–H and O–H groups in total. The summed E-state index contributed by atoms with van der Waals surface area (Å²) >= 11 is 5.41. The van der Waals surface area contributed by atoms with Gasteiger partial charge in [0.1, 0.15) is 6.04 Å². The van der Waals surface area contributed by atoms with Crippen LogP contribution >= 0.6 is 27.7 Å². The SMILES string of the molecule is CCCNC(=O)[C@H]1[C@@H]2SC3(CC2Br)C(C(=O)NC(C)CCC)N([C@H](CO)c2ccccc2)C(=O)[C@H]13. The highest BCUT2D eigenvalue weighted by Crippen LogP contribution is 2.68. The second-order valence-corrected chi connectivity index (χ2v) is 12.7. The number of aliphatic hydroxyl groups excluding tert-OH is 1. The molecule has 8 atom stereocenters. The van der Waals surface area contributed by atoms with Crippen molar-refractivity contribution < 1.29 is 19.5 Å². The Labute approximate surface area is 220 Å². The second-order valence-electron chi connectivity index (χ2n) is 10.0. The number of thioether (sulfide) groups is 1. The Bertz CT molecular complexity index is 950. The van der Waals surface area contributed by atoms with Crippen LogP contribution in [0.1, 0.15) is 58.1 Å². The van der Waals surface area contributed by atoms with Gasteiger partial charge in [0.2, 0.25) is 17.7 Å². The lowest BCUT2D eigenvalue weighted by molar-refractivity contribution is -0.143. The summed E-state index contributed by atoms with van der Waals surface area (Å²) in [6.07, 6.45) is 3.21. The number of nitrogens with one attached hydrogen (secondary N) is 2. The first kappa shape index (κ1) is 26.5. The van der Waals surface area contributed by atoms with E-state index in [0.717, 1.165) is 24.8 Å². The van der Waals surface area contributed by atoms with Gasteiger partial charge in [-0.3, -0.25) is 14.4 Å². The molecular formula is C26H36BrN3O4S. The Kier molecular flexibility index (Phi) is 8.18. The number of carbonyl (C=O) groups is 3. The van der Waals surface area contributed by atoms with E-state index in [1.807, 2.05) is 44.2 Å². The first-order valence-electron chi connectivity index (χ1n) is 12.7. The van der Waals surface area contributed by atoms with Gasteiger partial charge in [-0.2, -0.15) is 0 Å². The number of hydrogen-bond donors (Lipinski definition) is 3. The first-order valence-corrected chi connectivity index (χ1v) is 14.5. The van der Waals surface area contributed by atoms with Gasteiger partial charge in [-0.1, -0.05) is 66.5 Å². The quantitative estimate of drug-likeness (QED) is 0.379. The number of halogens is 1. The monoisotopic (exact) mass is 565 g/mol. The molecule has 3 aliphatic rings. The Balaban J connectivity index is 1.78. The molecule has 0 aromatic heterocycles. The minimum atomic E-state index is -0.768. The van der Waals surface area contributed by atoms with Gasteiger partial charge in [0.15, 0.2) is 0 Å². The van der Waals surface area contributed by atoms with Crippen LogP contribution in [-0.2, 0) is 14.4 Å². The number of alkyl halides is 1. The predicted octanol–water partition coefficient (Wildman–Crippen LogP) is 3.02. The number of fused-ring (bicyclic) bond motifs is 1. The molecule has 7 nitrogen and oxygen atoms in total. The Hall–Kier alpha value is -1.58. The lowest BCUT2D eigenvalue weighted by Gasteiger charge is -2.38. The number of rotatable bonds is 10. The van der Waals surface area contributed by atoms with Gasteiger partial charge in [0, 0.05) is 22.7 Å². The molecular weight excluding hydrogens is 530 g/mol. The summed E-state index contributed by atoms with van der Waals surface area (Å²) in [5.74, 6) is -1.63. The zero-order chi connectivity index (χ0) is 25.3. The van der Waals surface area contributed by atoms with Crippen LogP contribution < -0.4 is 10.6 Å². The number of amides is 3. The number of aliphatic hydroxyl groups is 1. The van der Waals surface area contributed by atoms with Crippen molar-refractivity contribution in [1.82, 2.24) is 15.5 Å². The van der Waals surface area contributed by atoms with Crippen molar-refractivity contribution in [3.05, 3.63) is 35.9 Å². The maximum absolute atomic E-state index is 14.2. The third-order valence-corrected chi connectivity index (χ3v) is 10.9. The van der Waals surface area contributed by atoms with Crippen molar-refractivity contribution >= 4 is 45.4 Å². The lowest BCUT2D eigenvalue weighted by Crippen LogP contribution is -2.56. The Morgan fingerprint density at radius 3 is 2.57 bits per heavy atom. The van der Waals surface area contributed by atoms with Gasteiger partial charge in [-0.05, 0) is 31.7 Å². The molecule has 3 fully saturated rings. The molecule has 192 valence electrons. The molecule has 3 aliphatic heterocycles. The summed E-state index contributed by atoms with van der Waals surface area (Å²) in [5, 5.41) is 16.5. The van der Waals surface area contributed by atoms with Crippen molar-refractivity contribution in [1.29, 1.82) is 0 Å². The van der Waals surface area contributed by atoms with E-state index in [4.69, 9.17) is 0 Å². The Morgan fingerprint density at radius 2 is 1.94 bits per heavy atom. The smallest absolute Gasteiger partial charge is 0.244 e. The van der Waals surface area contributed by atoms with Crippen LogP contribution in [0.25, 0.3) is 0 Å². The number of carbonyl (C=O) groups excluding carboxylic acids is 3. The van der Waals surface area contributed by atoms with E-state index in [1.54, 1.807) is 16.7 Å². The van der Waals surface area contributed by atoms with E-state index in [2.05, 4.69) is 33.5 Å². The molecule has 1 aromatic carbocycles. The van der Waals surface area contributed by atoms with Crippen molar-refractivity contribution in [3.8, 4) is 0 Å². The summed E-state index contributed by atoms with van der Waals surface area (Å²) in [6.45, 7) is 6.30. The third-order valence-electron chi connectivity index (χ3n) is 7.63. The predicted molar refractivity (Wildman–Crippen MR) is 141 cm³/mol. The van der Waals surface area contributed by atoms with Gasteiger partial charge in [0.05, 0.1) is 29.2 Å². The molecule has 3 saturated heterocycles. The third kappa shape index (κ3) is 4.53. The molecule has 35 heavy (non-hydrogen) atoms. The van der Waals surface area contributed by atoms with E-state index in [9.17, 15) is 19.5 Å². The zero-order valence-electron chi connectivity index (χ0n) is 20.6. The number of likely N-dealkylation sites (tertiary alicyclic amines) is 1. The molecule has 9 heteroatoms. The fourth-order valence-corrected chi connectivity index (χ4v) is 9.82. The van der Waals surface area contributed by atoms with Crippen molar-refractivity contribution in [2.45, 2.75) is 79.4 Å². The van der Waals surface area contributed by atoms with Crippen molar-refractivity contribution in [2.24, 2.45) is 11.8 Å². The maximum atomic E-state index is 14.2. The summed E-state index contributed by atoms with van der Waals surface area (Å²) in [4.78, 5) is 43.0. The van der Waals surface area contributed by atoms with E-state index in [1.165, 1.54) is 0 Å². The van der Waals surface area contributed by atoms with Crippen molar-refractivity contribution in [2.75, 3.05) is 13.2 Å². The van der Waals surface area contributed by atoms with Gasteiger partial charge >= 0.3 is 0 Å². The van der Waals surface area contributed by atoms with Gasteiger partial charge in [-0.15, -0.1) is 11.8 Å². The molecule has 3 amide bonds. The average molecular weight is 567 g/mol. The van der Waals surface area contributed by atoms with E-state index < -0.39 is 28.7 Å². The minimum absolute atomic E-state index is 0.0292. The molecule has 4 unspecified atom stereocenters. The summed E-state index contributed by atoms with van der Waals surface area (Å²) in [7, 11) is 0. The summed E-state index contributed by atoms with van der Waals surface area (Å²) in [5.41, 5.74) is 0.779. The van der Waals surface area contributed by atoms with Crippen LogP contribution in [0.3, 0.4) is 0 Å². The average Bonchev–Trinajstić information content (AvgIpc) is 3.42. The van der Waals surface area contributed by atoms with Crippen LogP contribution in [0.4, 0.5) is 0 Å². The molecule has 0 aliphatic carbocycles. The number of nitrogens with zero attached hydrogens (tertiary/aromatic N) is 1. The molecule has 2 bridgehead atoms. The van der Waals surface area contributed by atoms with E-state index >= 15 is 0 Å². The normalized spacial score (nSPS) is 32.9. The van der Waals surface area contributed by atoms with Crippen LogP contribution in [0, 0.1) is 11.8 Å². The minimum Gasteiger partial charge on any atom is -0.394 e. The van der Waals surface area contributed by atoms with Crippen LogP contribution in [0.5, 0.6) is 0 Å². The summed E-state index contributed by atoms with van der Waals surface area (Å²) in [6, 6.07) is 7.91. The topological polar surface area (TPSA) is 98.7 Å². The van der Waals surface area contributed by atoms with E-state index in [0.29, 0.717) is 13.0 Å². The van der Waals surface area contributed by atoms with E-state index in [-0.39, 0.29) is 40.4 Å². The fourth-order valence-electron chi connectivity index (χ4n) is 6.22. The van der Waals surface area contributed by atoms with Gasteiger partial charge in [-0.25, -0.2) is 0 Å². The standard InChI is InChI=1S/C26H36BrN3O4S/c1-4-9-15(3)29-24(33)22-26-13-17(27)21(35-26)19(23(32)28-12-5-2)20(26)25(34)30(22)18(14-31)16-10-7-6-8-11-16/h6-8,10-11,15,17-22,31H,4-5,9,12-14H2,1-3H3,(H,28,32)(H,29,33)/t15?,17?,18-,19-,20+,21-,22?,26?/m1/s1. The zero-order valence-corrected chi connectivity index (χ0v) is 23.0. The molecule has 0 saturated carbocycles. The molecule has 1 spiro atoms. The molecule has 0 radical (unpaired) electrons. The Morgan fingerprint density at radius 1 is 1.23 bits per heavy atom.